The van der Waals surface area contributed by atoms with E-state index in [9.17, 15) is 36.3 Å². The van der Waals surface area contributed by atoms with Gasteiger partial charge >= 0.3 is 17.8 Å². The average molecular weight is 480 g/mol. The summed E-state index contributed by atoms with van der Waals surface area (Å²) in [5.41, 5.74) is -2.53. The standard InChI is InChI=1S/C18H21F5N6O4/c1-3-4-7-27-12-13(28(10-11(19)20)17(32)25(2)14(12)30)29(33-15(31)18(21,22)23)16(27)26-8-5-24-6-9-26/h11,16,24H,5-10H2,1-2H3. The van der Waals surface area contributed by atoms with Crippen molar-refractivity contribution in [3.63, 3.8) is 0 Å². The summed E-state index contributed by atoms with van der Waals surface area (Å²) in [7, 11) is 1.06. The molecule has 3 rings (SSSR count). The molecule has 0 spiro atoms. The minimum absolute atomic E-state index is 0.208. The number of fused-ring (bicyclic) bond motifs is 1. The van der Waals surface area contributed by atoms with Crippen molar-refractivity contribution in [2.45, 2.75) is 32.4 Å². The van der Waals surface area contributed by atoms with Gasteiger partial charge in [0, 0.05) is 33.2 Å². The highest BCUT2D eigenvalue weighted by Crippen LogP contribution is 2.38. The fourth-order valence-corrected chi connectivity index (χ4v) is 3.68. The number of nitrogens with one attached hydrogen (secondary N) is 1. The van der Waals surface area contributed by atoms with E-state index in [1.165, 1.54) is 11.8 Å². The second-order valence-corrected chi connectivity index (χ2v) is 7.21. The summed E-state index contributed by atoms with van der Waals surface area (Å²) in [4.78, 5) is 44.9. The van der Waals surface area contributed by atoms with Crippen molar-refractivity contribution in [3.8, 4) is 11.8 Å². The highest BCUT2D eigenvalue weighted by Gasteiger charge is 2.51. The molecule has 1 atom stereocenters. The molecule has 1 unspecified atom stereocenters. The third kappa shape index (κ3) is 4.67. The Kier molecular flexibility index (Phi) is 6.98. The van der Waals surface area contributed by atoms with E-state index in [1.807, 2.05) is 0 Å². The predicted octanol–water partition coefficient (Wildman–Crippen LogP) is -0.329. The van der Waals surface area contributed by atoms with E-state index < -0.39 is 48.5 Å². The zero-order valence-corrected chi connectivity index (χ0v) is 17.7. The number of carbonyl (C=O) groups is 1. The van der Waals surface area contributed by atoms with Crippen molar-refractivity contribution in [1.82, 2.24) is 19.4 Å². The smallest absolute Gasteiger partial charge is 0.327 e. The van der Waals surface area contributed by atoms with Crippen LogP contribution in [-0.4, -0.2) is 71.6 Å². The molecule has 0 aliphatic carbocycles. The highest BCUT2D eigenvalue weighted by atomic mass is 19.4. The lowest BCUT2D eigenvalue weighted by atomic mass is 10.3. The molecule has 182 valence electrons. The van der Waals surface area contributed by atoms with Crippen LogP contribution in [0.1, 0.15) is 6.92 Å². The van der Waals surface area contributed by atoms with Crippen LogP contribution in [0.25, 0.3) is 0 Å². The number of hydroxylamine groups is 1. The molecular formula is C18H21F5N6O4. The van der Waals surface area contributed by atoms with Crippen molar-refractivity contribution in [3.05, 3.63) is 20.8 Å². The number of hydrogen-bond donors (Lipinski definition) is 1. The van der Waals surface area contributed by atoms with Gasteiger partial charge in [-0.1, -0.05) is 5.92 Å². The van der Waals surface area contributed by atoms with Crippen molar-refractivity contribution in [2.75, 3.05) is 42.7 Å². The van der Waals surface area contributed by atoms with E-state index in [0.717, 1.165) is 7.05 Å². The Hall–Kier alpha value is -3.12. The van der Waals surface area contributed by atoms with Gasteiger partial charge in [0.05, 0.1) is 13.1 Å². The summed E-state index contributed by atoms with van der Waals surface area (Å²) >= 11 is 0. The van der Waals surface area contributed by atoms with E-state index in [1.54, 1.807) is 4.90 Å². The van der Waals surface area contributed by atoms with E-state index in [2.05, 4.69) is 22.0 Å². The molecule has 15 heteroatoms. The summed E-state index contributed by atoms with van der Waals surface area (Å²) in [6.45, 7) is 1.40. The maximum Gasteiger partial charge on any atom is 0.493 e. The minimum Gasteiger partial charge on any atom is -0.327 e. The molecular weight excluding hydrogens is 459 g/mol. The van der Waals surface area contributed by atoms with Gasteiger partial charge in [0.1, 0.15) is 0 Å². The van der Waals surface area contributed by atoms with Gasteiger partial charge in [-0.15, -0.1) is 11.0 Å². The van der Waals surface area contributed by atoms with Gasteiger partial charge in [0.25, 0.3) is 12.0 Å². The Bertz CT molecular complexity index is 1080. The van der Waals surface area contributed by atoms with Gasteiger partial charge in [-0.3, -0.25) is 18.8 Å². The first-order chi connectivity index (χ1) is 15.5. The molecule has 0 saturated carbocycles. The van der Waals surface area contributed by atoms with Crippen LogP contribution in [0.15, 0.2) is 9.59 Å². The Morgan fingerprint density at radius 1 is 1.24 bits per heavy atom. The molecule has 0 aromatic carbocycles. The number of piperazine rings is 1. The van der Waals surface area contributed by atoms with Crippen molar-refractivity contribution < 1.29 is 31.6 Å². The number of aromatic nitrogens is 2. The summed E-state index contributed by atoms with van der Waals surface area (Å²) in [5, 5.41) is 3.47. The molecule has 1 aromatic rings. The fourth-order valence-electron chi connectivity index (χ4n) is 3.68. The van der Waals surface area contributed by atoms with Crippen LogP contribution in [0.3, 0.4) is 0 Å². The second kappa shape index (κ2) is 9.40. The van der Waals surface area contributed by atoms with Crippen LogP contribution in [0.2, 0.25) is 0 Å². The Morgan fingerprint density at radius 2 is 1.88 bits per heavy atom. The van der Waals surface area contributed by atoms with Crippen LogP contribution in [0.4, 0.5) is 33.5 Å². The van der Waals surface area contributed by atoms with Crippen LogP contribution in [-0.2, 0) is 23.2 Å². The molecule has 0 bridgehead atoms. The Labute approximate surface area is 184 Å². The lowest BCUT2D eigenvalue weighted by Crippen LogP contribution is -2.61. The molecule has 1 fully saturated rings. The Balaban J connectivity index is 2.29. The first kappa shape index (κ1) is 24.5. The minimum atomic E-state index is -5.42. The SMILES string of the molecule is CC#CCN1c2c(n(CC(F)F)c(=O)n(C)c2=O)N(OC(=O)C(F)(F)F)C1N1CCNCC1. The van der Waals surface area contributed by atoms with Crippen LogP contribution >= 0.6 is 0 Å². The maximum atomic E-state index is 13.3. The van der Waals surface area contributed by atoms with Gasteiger partial charge in [0.2, 0.25) is 0 Å². The summed E-state index contributed by atoms with van der Waals surface area (Å²) in [6.07, 6.45) is -9.84. The van der Waals surface area contributed by atoms with E-state index in [0.29, 0.717) is 27.3 Å². The number of alkyl halides is 5. The number of carbonyl (C=O) groups excluding carboxylic acids is 1. The maximum absolute atomic E-state index is 13.3. The van der Waals surface area contributed by atoms with Crippen molar-refractivity contribution >= 4 is 17.5 Å². The van der Waals surface area contributed by atoms with E-state index in [-0.39, 0.29) is 25.3 Å². The normalized spacial score (nSPS) is 18.8. The lowest BCUT2D eigenvalue weighted by Gasteiger charge is -2.40. The Morgan fingerprint density at radius 3 is 2.42 bits per heavy atom. The average Bonchev–Trinajstić information content (AvgIpc) is 3.07. The first-order valence-electron chi connectivity index (χ1n) is 9.80. The highest BCUT2D eigenvalue weighted by molar-refractivity contribution is 5.80. The molecule has 0 amide bonds. The van der Waals surface area contributed by atoms with Crippen LogP contribution in [0, 0.1) is 11.8 Å². The van der Waals surface area contributed by atoms with Gasteiger partial charge in [-0.2, -0.15) is 13.2 Å². The topological polar surface area (TPSA) is 92.0 Å². The molecule has 1 saturated heterocycles. The summed E-state index contributed by atoms with van der Waals surface area (Å²) in [5.74, 6) is 1.99. The number of nitrogens with zero attached hydrogens (tertiary/aromatic N) is 5. The van der Waals surface area contributed by atoms with Crippen LogP contribution < -0.4 is 26.5 Å². The third-order valence-electron chi connectivity index (χ3n) is 5.11. The molecule has 1 aromatic heterocycles. The zero-order chi connectivity index (χ0) is 24.5. The third-order valence-corrected chi connectivity index (χ3v) is 5.11. The van der Waals surface area contributed by atoms with E-state index >= 15 is 0 Å². The largest absolute Gasteiger partial charge is 0.493 e. The molecule has 1 N–H and O–H groups in total. The van der Waals surface area contributed by atoms with E-state index in [4.69, 9.17) is 0 Å². The second-order valence-electron chi connectivity index (χ2n) is 7.21. The van der Waals surface area contributed by atoms with Gasteiger partial charge in [-0.25, -0.2) is 18.4 Å². The molecule has 2 aliphatic rings. The molecule has 2 aliphatic heterocycles. The van der Waals surface area contributed by atoms with Gasteiger partial charge < -0.3 is 15.1 Å². The molecule has 10 nitrogen and oxygen atoms in total. The summed E-state index contributed by atoms with van der Waals surface area (Å²) < 4.78 is 66.8. The number of rotatable bonds is 5. The first-order valence-corrected chi connectivity index (χ1v) is 9.80. The van der Waals surface area contributed by atoms with Crippen molar-refractivity contribution in [1.29, 1.82) is 0 Å². The fraction of sp³-hybridized carbons (Fsp3) is 0.611. The number of halogens is 5. The molecule has 3 heterocycles. The van der Waals surface area contributed by atoms with Crippen molar-refractivity contribution in [2.24, 2.45) is 7.05 Å². The molecule has 33 heavy (non-hydrogen) atoms. The monoisotopic (exact) mass is 480 g/mol. The zero-order valence-electron chi connectivity index (χ0n) is 17.7. The summed E-state index contributed by atoms with van der Waals surface area (Å²) in [6, 6.07) is 0. The van der Waals surface area contributed by atoms with Gasteiger partial charge in [0.15, 0.2) is 17.8 Å². The van der Waals surface area contributed by atoms with Gasteiger partial charge in [-0.05, 0) is 6.92 Å². The lowest BCUT2D eigenvalue weighted by molar-refractivity contribution is -0.203. The molecule has 0 radical (unpaired) electrons. The quantitative estimate of drug-likeness (QED) is 0.453. The number of anilines is 2. The predicted molar refractivity (Wildman–Crippen MR) is 106 cm³/mol. The number of hydrogen-bond acceptors (Lipinski definition) is 8. The van der Waals surface area contributed by atoms with Crippen LogP contribution in [0.5, 0.6) is 0 Å².